The molecule has 0 aromatic heterocycles. The van der Waals surface area contributed by atoms with Crippen LogP contribution in [0.5, 0.6) is 0 Å². The molecule has 1 aliphatic heterocycles. The van der Waals surface area contributed by atoms with Crippen LogP contribution in [0.4, 0.5) is 0 Å². The smallest absolute Gasteiger partial charge is 0.235 e. The van der Waals surface area contributed by atoms with E-state index >= 15 is 0 Å². The van der Waals surface area contributed by atoms with Crippen molar-refractivity contribution >= 4 is 17.6 Å². The number of carbonyl (C=O) groups is 2. The first-order valence-corrected chi connectivity index (χ1v) is 5.87. The SMILES string of the molecule is CC(C)(C(=O)N1CCCC(C(N)=O)C1)C(N)=NO. The average molecular weight is 256 g/mol. The number of primary amides is 1. The topological polar surface area (TPSA) is 122 Å². The fourth-order valence-corrected chi connectivity index (χ4v) is 2.02. The number of rotatable bonds is 3. The van der Waals surface area contributed by atoms with Crippen molar-refractivity contribution in [1.82, 2.24) is 4.90 Å². The van der Waals surface area contributed by atoms with E-state index in [9.17, 15) is 9.59 Å². The fraction of sp³-hybridized carbons (Fsp3) is 0.727. The number of likely N-dealkylation sites (tertiary alicyclic amines) is 1. The molecule has 0 spiro atoms. The zero-order valence-corrected chi connectivity index (χ0v) is 10.7. The van der Waals surface area contributed by atoms with E-state index in [1.54, 1.807) is 18.7 Å². The predicted octanol–water partition coefficient (Wildman–Crippen LogP) is -0.517. The number of piperidine rings is 1. The summed E-state index contributed by atoms with van der Waals surface area (Å²) in [7, 11) is 0. The highest BCUT2D eigenvalue weighted by atomic mass is 16.4. The molecule has 1 unspecified atom stereocenters. The number of nitrogens with two attached hydrogens (primary N) is 2. The summed E-state index contributed by atoms with van der Waals surface area (Å²) in [6.07, 6.45) is 1.43. The molecule has 1 heterocycles. The second-order valence-corrected chi connectivity index (χ2v) is 5.10. The normalized spacial score (nSPS) is 21.8. The molecule has 102 valence electrons. The van der Waals surface area contributed by atoms with Crippen molar-refractivity contribution in [1.29, 1.82) is 0 Å². The Morgan fingerprint density at radius 1 is 1.39 bits per heavy atom. The molecule has 0 aliphatic carbocycles. The van der Waals surface area contributed by atoms with E-state index in [1.165, 1.54) is 0 Å². The van der Waals surface area contributed by atoms with Gasteiger partial charge in [-0.25, -0.2) is 0 Å². The first-order valence-electron chi connectivity index (χ1n) is 5.87. The minimum absolute atomic E-state index is 0.145. The molecule has 1 saturated heterocycles. The Hall–Kier alpha value is -1.79. The molecule has 5 N–H and O–H groups in total. The summed E-state index contributed by atoms with van der Waals surface area (Å²) in [5, 5.41) is 11.6. The summed E-state index contributed by atoms with van der Waals surface area (Å²) >= 11 is 0. The summed E-state index contributed by atoms with van der Waals surface area (Å²) in [6.45, 7) is 4.03. The lowest BCUT2D eigenvalue weighted by molar-refractivity contribution is -0.140. The van der Waals surface area contributed by atoms with E-state index in [4.69, 9.17) is 16.7 Å². The van der Waals surface area contributed by atoms with Crippen molar-refractivity contribution in [2.75, 3.05) is 13.1 Å². The van der Waals surface area contributed by atoms with Gasteiger partial charge in [0.05, 0.1) is 5.92 Å². The molecule has 1 aliphatic rings. The molecule has 1 rings (SSSR count). The fourth-order valence-electron chi connectivity index (χ4n) is 2.02. The lowest BCUT2D eigenvalue weighted by atomic mass is 9.88. The highest BCUT2D eigenvalue weighted by Gasteiger charge is 2.38. The lowest BCUT2D eigenvalue weighted by Crippen LogP contribution is -2.52. The number of hydrogen-bond donors (Lipinski definition) is 3. The second kappa shape index (κ2) is 5.24. The number of amidine groups is 1. The number of oxime groups is 1. The first-order chi connectivity index (χ1) is 8.30. The van der Waals surface area contributed by atoms with Gasteiger partial charge < -0.3 is 21.6 Å². The van der Waals surface area contributed by atoms with Gasteiger partial charge in [0.1, 0.15) is 5.41 Å². The summed E-state index contributed by atoms with van der Waals surface area (Å²) in [4.78, 5) is 25.0. The van der Waals surface area contributed by atoms with Gasteiger partial charge in [-0.15, -0.1) is 0 Å². The van der Waals surface area contributed by atoms with Gasteiger partial charge >= 0.3 is 0 Å². The summed E-state index contributed by atoms with van der Waals surface area (Å²) < 4.78 is 0. The summed E-state index contributed by atoms with van der Waals surface area (Å²) in [5.74, 6) is -1.11. The van der Waals surface area contributed by atoms with Crippen LogP contribution >= 0.6 is 0 Å². The Balaban J connectivity index is 2.81. The third kappa shape index (κ3) is 2.72. The van der Waals surface area contributed by atoms with Gasteiger partial charge in [0, 0.05) is 13.1 Å². The largest absolute Gasteiger partial charge is 0.409 e. The Morgan fingerprint density at radius 3 is 2.50 bits per heavy atom. The van der Waals surface area contributed by atoms with Gasteiger partial charge in [-0.2, -0.15) is 0 Å². The van der Waals surface area contributed by atoms with Crippen LogP contribution in [0, 0.1) is 11.3 Å². The molecular weight excluding hydrogens is 236 g/mol. The summed E-state index contributed by atoms with van der Waals surface area (Å²) in [5.41, 5.74) is 9.68. The summed E-state index contributed by atoms with van der Waals surface area (Å²) in [6, 6.07) is 0. The quantitative estimate of drug-likeness (QED) is 0.272. The van der Waals surface area contributed by atoms with Crippen molar-refractivity contribution in [3.63, 3.8) is 0 Å². The van der Waals surface area contributed by atoms with Crippen molar-refractivity contribution in [3.8, 4) is 0 Å². The zero-order valence-electron chi connectivity index (χ0n) is 10.7. The van der Waals surface area contributed by atoms with Gasteiger partial charge in [-0.1, -0.05) is 5.16 Å². The first kappa shape index (κ1) is 14.3. The number of nitrogens with zero attached hydrogens (tertiary/aromatic N) is 2. The van der Waals surface area contributed by atoms with Crippen LogP contribution in [0.2, 0.25) is 0 Å². The molecule has 2 amide bonds. The van der Waals surface area contributed by atoms with E-state index in [0.717, 1.165) is 6.42 Å². The third-order valence-corrected chi connectivity index (χ3v) is 3.39. The van der Waals surface area contributed by atoms with Gasteiger partial charge in [-0.05, 0) is 26.7 Å². The standard InChI is InChI=1S/C11H20N4O3/c1-11(2,9(13)14-18)10(17)15-5-3-4-7(6-15)8(12)16/h7,18H,3-6H2,1-2H3,(H2,12,16)(H2,13,14). The molecule has 0 aromatic rings. The zero-order chi connectivity index (χ0) is 13.9. The maximum Gasteiger partial charge on any atom is 0.235 e. The van der Waals surface area contributed by atoms with Gasteiger partial charge in [0.25, 0.3) is 0 Å². The molecule has 1 atom stereocenters. The van der Waals surface area contributed by atoms with Gasteiger partial charge in [0.2, 0.25) is 11.8 Å². The van der Waals surface area contributed by atoms with E-state index in [2.05, 4.69) is 5.16 Å². The monoisotopic (exact) mass is 256 g/mol. The maximum absolute atomic E-state index is 12.3. The molecule has 7 heteroatoms. The van der Waals surface area contributed by atoms with E-state index in [-0.39, 0.29) is 17.7 Å². The highest BCUT2D eigenvalue weighted by molar-refractivity contribution is 6.06. The minimum Gasteiger partial charge on any atom is -0.409 e. The highest BCUT2D eigenvalue weighted by Crippen LogP contribution is 2.24. The molecule has 0 bridgehead atoms. The van der Waals surface area contributed by atoms with Crippen LogP contribution in [0.25, 0.3) is 0 Å². The van der Waals surface area contributed by atoms with Crippen LogP contribution in [0.3, 0.4) is 0 Å². The van der Waals surface area contributed by atoms with Crippen molar-refractivity contribution in [3.05, 3.63) is 0 Å². The van der Waals surface area contributed by atoms with E-state index in [1.807, 2.05) is 0 Å². The van der Waals surface area contributed by atoms with Crippen LogP contribution in [0.1, 0.15) is 26.7 Å². The Morgan fingerprint density at radius 2 is 2.00 bits per heavy atom. The van der Waals surface area contributed by atoms with E-state index < -0.39 is 11.3 Å². The van der Waals surface area contributed by atoms with Crippen LogP contribution in [-0.4, -0.2) is 40.8 Å². The van der Waals surface area contributed by atoms with Gasteiger partial charge in [0.15, 0.2) is 5.84 Å². The van der Waals surface area contributed by atoms with Gasteiger partial charge in [-0.3, -0.25) is 9.59 Å². The molecule has 1 fully saturated rings. The Labute approximate surface area is 106 Å². The molecule has 0 aromatic carbocycles. The molecule has 0 radical (unpaired) electrons. The van der Waals surface area contributed by atoms with Crippen LogP contribution < -0.4 is 11.5 Å². The lowest BCUT2D eigenvalue weighted by Gasteiger charge is -2.36. The third-order valence-electron chi connectivity index (χ3n) is 3.39. The predicted molar refractivity (Wildman–Crippen MR) is 65.7 cm³/mol. The van der Waals surface area contributed by atoms with E-state index in [0.29, 0.717) is 19.5 Å². The van der Waals surface area contributed by atoms with Crippen molar-refractivity contribution in [2.45, 2.75) is 26.7 Å². The number of carbonyl (C=O) groups excluding carboxylic acids is 2. The number of amides is 2. The van der Waals surface area contributed by atoms with Crippen molar-refractivity contribution in [2.24, 2.45) is 28.0 Å². The Kier molecular flexibility index (Phi) is 4.15. The molecule has 7 nitrogen and oxygen atoms in total. The van der Waals surface area contributed by atoms with Crippen LogP contribution in [-0.2, 0) is 9.59 Å². The minimum atomic E-state index is -1.09. The Bertz CT molecular complexity index is 378. The molecule has 18 heavy (non-hydrogen) atoms. The molecule has 0 saturated carbocycles. The average Bonchev–Trinajstić information content (AvgIpc) is 2.36. The molecular formula is C11H20N4O3. The number of hydrogen-bond acceptors (Lipinski definition) is 4. The second-order valence-electron chi connectivity index (χ2n) is 5.10. The van der Waals surface area contributed by atoms with Crippen molar-refractivity contribution < 1.29 is 14.8 Å². The van der Waals surface area contributed by atoms with Crippen LogP contribution in [0.15, 0.2) is 5.16 Å². The maximum atomic E-state index is 12.3.